The second kappa shape index (κ2) is 15.2. The molecule has 0 saturated heterocycles. The molecule has 0 saturated carbocycles. The van der Waals surface area contributed by atoms with Gasteiger partial charge in [-0.05, 0) is 172 Å². The summed E-state index contributed by atoms with van der Waals surface area (Å²) in [5.41, 5.74) is 22.5. The number of aryl methyl sites for hydroxylation is 4. The van der Waals surface area contributed by atoms with Gasteiger partial charge in [0.15, 0.2) is 23.0 Å². The second-order valence-corrected chi connectivity index (χ2v) is 18.3. The molecule has 3 aliphatic rings. The van der Waals surface area contributed by atoms with Crippen LogP contribution in [0, 0.1) is 27.7 Å². The maximum Gasteiger partial charge on any atom is 0.333 e. The van der Waals surface area contributed by atoms with Gasteiger partial charge in [-0.2, -0.15) is 0 Å². The summed E-state index contributed by atoms with van der Waals surface area (Å²) in [5.74, 6) is 2.80. The summed E-state index contributed by atoms with van der Waals surface area (Å²) in [6, 6.07) is 72.9. The Morgan fingerprint density at radius 1 is 0.373 bits per heavy atom. The first kappa shape index (κ1) is 39.1. The van der Waals surface area contributed by atoms with Crippen LogP contribution in [0.3, 0.4) is 0 Å². The molecule has 3 heterocycles. The highest BCUT2D eigenvalue weighted by Gasteiger charge is 2.46. The quantitative estimate of drug-likeness (QED) is 0.161. The van der Waals surface area contributed by atoms with Gasteiger partial charge in [0.1, 0.15) is 0 Å². The zero-order valence-electron chi connectivity index (χ0n) is 37.8. The van der Waals surface area contributed by atoms with Crippen molar-refractivity contribution >= 4 is 57.0 Å². The molecule has 0 radical (unpaired) electrons. The third-order valence-electron chi connectivity index (χ3n) is 14.0. The van der Waals surface area contributed by atoms with E-state index < -0.39 is 0 Å². The summed E-state index contributed by atoms with van der Waals surface area (Å²) < 4.78 is 13.6. The van der Waals surface area contributed by atoms with Crippen LogP contribution >= 0.6 is 0 Å². The third-order valence-corrected chi connectivity index (χ3v) is 14.0. The number of nitrogens with zero attached hydrogens (tertiary/aromatic N) is 2. The Morgan fingerprint density at radius 3 is 1.63 bits per heavy atom. The van der Waals surface area contributed by atoms with E-state index in [1.165, 1.54) is 83.0 Å². The van der Waals surface area contributed by atoms with E-state index in [4.69, 9.17) is 9.47 Å². The molecule has 5 heteroatoms. The van der Waals surface area contributed by atoms with Gasteiger partial charge in [0.2, 0.25) is 0 Å². The zero-order chi connectivity index (χ0) is 44.9. The monoisotopic (exact) mass is 860 g/mol. The van der Waals surface area contributed by atoms with Gasteiger partial charge in [0.05, 0.1) is 0 Å². The number of benzene rings is 10. The minimum atomic E-state index is -0.239. The number of rotatable bonds is 5. The number of fused-ring (bicyclic) bond motifs is 7. The highest BCUT2D eigenvalue weighted by atomic mass is 16.6. The summed E-state index contributed by atoms with van der Waals surface area (Å²) in [7, 11) is 0. The summed E-state index contributed by atoms with van der Waals surface area (Å²) in [4.78, 5) is 5.08. The SMILES string of the molecule is Cc1cc(C)c(-c2cc3c4c(c2)N(c2ccc(-c5ccccc5)cc2C)c2cc5c(cc2B4N(c2ccc(-c4ccccc4)cc2)c2cc4ccccc4cc2-3)Oc2ccccc2O5)c(C)c1. The summed E-state index contributed by atoms with van der Waals surface area (Å²) in [6.45, 7) is 8.71. The Bertz CT molecular complexity index is 3620. The fraction of sp³-hybridized carbons (Fsp3) is 0.0645. The number of anilines is 5. The van der Waals surface area contributed by atoms with Gasteiger partial charge >= 0.3 is 6.85 Å². The van der Waals surface area contributed by atoms with Crippen molar-refractivity contribution in [3.63, 3.8) is 0 Å². The standard InChI is InChI=1S/C62H45BN2O2/c1-38-29-40(3)61(41(4)30-38)48-33-51-50-32-45-19-11-12-20-46(45)34-54(50)65(49-26-23-44(24-27-49)42-15-7-5-8-16-42)63-52-36-59-60(67-58-22-14-13-21-57(58)66-59)37-55(52)64(56(35-48)62(51)63)53-28-25-47(31-39(53)2)43-17-9-6-10-18-43/h5-37H,1-4H3. The second-order valence-electron chi connectivity index (χ2n) is 18.3. The molecule has 0 N–H and O–H groups in total. The topological polar surface area (TPSA) is 24.9 Å². The van der Waals surface area contributed by atoms with E-state index in [1.54, 1.807) is 0 Å². The van der Waals surface area contributed by atoms with Crippen LogP contribution < -0.4 is 30.1 Å². The molecule has 0 aliphatic carbocycles. The zero-order valence-corrected chi connectivity index (χ0v) is 37.8. The van der Waals surface area contributed by atoms with Gasteiger partial charge in [-0.3, -0.25) is 0 Å². The molecule has 13 rings (SSSR count). The predicted molar refractivity (Wildman–Crippen MR) is 280 cm³/mol. The van der Waals surface area contributed by atoms with Gasteiger partial charge in [-0.1, -0.05) is 133 Å². The van der Waals surface area contributed by atoms with Crippen molar-refractivity contribution in [1.29, 1.82) is 0 Å². The Labute approximate surface area is 392 Å². The highest BCUT2D eigenvalue weighted by molar-refractivity contribution is 6.93. The molecule has 318 valence electrons. The molecule has 0 unspecified atom stereocenters. The van der Waals surface area contributed by atoms with E-state index >= 15 is 0 Å². The molecular formula is C62H45BN2O2. The van der Waals surface area contributed by atoms with Gasteiger partial charge in [-0.15, -0.1) is 0 Å². The Hall–Kier alpha value is -8.28. The molecule has 10 aromatic carbocycles. The first-order chi connectivity index (χ1) is 32.8. The van der Waals surface area contributed by atoms with Crippen molar-refractivity contribution < 1.29 is 9.47 Å². The fourth-order valence-electron chi connectivity index (χ4n) is 11.2. The maximum atomic E-state index is 6.79. The lowest BCUT2D eigenvalue weighted by Gasteiger charge is -2.46. The minimum absolute atomic E-state index is 0.239. The van der Waals surface area contributed by atoms with Gasteiger partial charge in [-0.25, -0.2) is 0 Å². The summed E-state index contributed by atoms with van der Waals surface area (Å²) in [6.07, 6.45) is 0. The molecule has 0 amide bonds. The van der Waals surface area contributed by atoms with E-state index in [0.717, 1.165) is 33.9 Å². The Balaban J connectivity index is 1.14. The van der Waals surface area contributed by atoms with Crippen LogP contribution in [0.1, 0.15) is 22.3 Å². The average Bonchev–Trinajstić information content (AvgIpc) is 3.35. The van der Waals surface area contributed by atoms with Crippen LogP contribution in [0.15, 0.2) is 200 Å². The molecule has 0 atom stereocenters. The van der Waals surface area contributed by atoms with E-state index in [2.05, 4.69) is 213 Å². The van der Waals surface area contributed by atoms with E-state index in [1.807, 2.05) is 24.3 Å². The van der Waals surface area contributed by atoms with Crippen molar-refractivity contribution in [1.82, 2.24) is 0 Å². The molecule has 4 nitrogen and oxygen atoms in total. The lowest BCUT2D eigenvalue weighted by molar-refractivity contribution is 0.360. The van der Waals surface area contributed by atoms with Crippen LogP contribution in [-0.2, 0) is 0 Å². The molecule has 3 aliphatic heterocycles. The number of hydrogen-bond acceptors (Lipinski definition) is 4. The van der Waals surface area contributed by atoms with Crippen LogP contribution in [0.25, 0.3) is 55.3 Å². The lowest BCUT2D eigenvalue weighted by Crippen LogP contribution is -2.61. The van der Waals surface area contributed by atoms with Crippen molar-refractivity contribution in [2.24, 2.45) is 0 Å². The largest absolute Gasteiger partial charge is 0.450 e. The van der Waals surface area contributed by atoms with E-state index in [-0.39, 0.29) is 6.85 Å². The average molecular weight is 861 g/mol. The van der Waals surface area contributed by atoms with Crippen LogP contribution in [-0.4, -0.2) is 6.85 Å². The Morgan fingerprint density at radius 2 is 0.955 bits per heavy atom. The molecule has 0 fully saturated rings. The van der Waals surface area contributed by atoms with Crippen LogP contribution in [0.5, 0.6) is 23.0 Å². The smallest absolute Gasteiger partial charge is 0.333 e. The molecule has 67 heavy (non-hydrogen) atoms. The van der Waals surface area contributed by atoms with Gasteiger partial charge in [0.25, 0.3) is 0 Å². The molecule has 0 aromatic heterocycles. The molecular weight excluding hydrogens is 816 g/mol. The normalized spacial score (nSPS) is 12.9. The molecule has 10 aromatic rings. The number of hydrogen-bond donors (Lipinski definition) is 0. The summed E-state index contributed by atoms with van der Waals surface area (Å²) in [5, 5.41) is 2.40. The number of para-hydroxylation sites is 2. The minimum Gasteiger partial charge on any atom is -0.450 e. The predicted octanol–water partition coefficient (Wildman–Crippen LogP) is 15.7. The van der Waals surface area contributed by atoms with E-state index in [9.17, 15) is 0 Å². The summed E-state index contributed by atoms with van der Waals surface area (Å²) >= 11 is 0. The van der Waals surface area contributed by atoms with Crippen molar-refractivity contribution in [2.75, 3.05) is 9.71 Å². The van der Waals surface area contributed by atoms with Gasteiger partial charge < -0.3 is 19.2 Å². The van der Waals surface area contributed by atoms with Crippen molar-refractivity contribution in [3.8, 4) is 67.5 Å². The number of ether oxygens (including phenoxy) is 2. The molecule has 0 spiro atoms. The van der Waals surface area contributed by atoms with Crippen LogP contribution in [0.2, 0.25) is 0 Å². The first-order valence-electron chi connectivity index (χ1n) is 23.2. The van der Waals surface area contributed by atoms with Gasteiger partial charge in [0, 0.05) is 40.1 Å². The maximum absolute atomic E-state index is 6.79. The third kappa shape index (κ3) is 6.30. The lowest BCUT2D eigenvalue weighted by atomic mass is 9.43. The van der Waals surface area contributed by atoms with Crippen LogP contribution in [0.4, 0.5) is 28.4 Å². The van der Waals surface area contributed by atoms with Crippen molar-refractivity contribution in [2.45, 2.75) is 27.7 Å². The molecule has 0 bridgehead atoms. The highest BCUT2D eigenvalue weighted by Crippen LogP contribution is 2.53. The van der Waals surface area contributed by atoms with E-state index in [0.29, 0.717) is 23.0 Å². The van der Waals surface area contributed by atoms with Crippen molar-refractivity contribution in [3.05, 3.63) is 222 Å². The fourth-order valence-corrected chi connectivity index (χ4v) is 11.2. The first-order valence-corrected chi connectivity index (χ1v) is 23.2. The Kier molecular flexibility index (Phi) is 8.85.